The van der Waals surface area contributed by atoms with E-state index in [1.807, 2.05) is 35.2 Å². The van der Waals surface area contributed by atoms with Crippen LogP contribution in [0.1, 0.15) is 36.9 Å². The van der Waals surface area contributed by atoms with Crippen LogP contribution in [0.25, 0.3) is 6.08 Å². The standard InChI is InChI=1S/C24H28N2O5/c1-4-31-23(27)14-9-17-7-10-18(11-8-17)25-24(28)26-15-5-6-21(26)20-16-19(29-2)12-13-22(20)30-3/h7-14,16,21H,4-6,15H2,1-3H3,(H,25,28)/b14-9+/t21-/m1/s1. The van der Waals surface area contributed by atoms with Crippen LogP contribution in [0.2, 0.25) is 0 Å². The predicted molar refractivity (Wildman–Crippen MR) is 119 cm³/mol. The Morgan fingerprint density at radius 2 is 1.90 bits per heavy atom. The van der Waals surface area contributed by atoms with E-state index in [0.29, 0.717) is 18.8 Å². The van der Waals surface area contributed by atoms with E-state index in [2.05, 4.69) is 5.32 Å². The number of nitrogens with one attached hydrogen (secondary N) is 1. The SMILES string of the molecule is CCOC(=O)/C=C/c1ccc(NC(=O)N2CCC[C@@H]2c2cc(OC)ccc2OC)cc1. The number of esters is 1. The second-order valence-electron chi connectivity index (χ2n) is 7.10. The number of urea groups is 1. The van der Waals surface area contributed by atoms with Crippen molar-refractivity contribution in [2.75, 3.05) is 32.7 Å². The average Bonchev–Trinajstić information content (AvgIpc) is 3.28. The largest absolute Gasteiger partial charge is 0.497 e. The summed E-state index contributed by atoms with van der Waals surface area (Å²) in [6.07, 6.45) is 4.83. The van der Waals surface area contributed by atoms with E-state index in [0.717, 1.165) is 35.5 Å². The number of ether oxygens (including phenoxy) is 3. The number of anilines is 1. The van der Waals surface area contributed by atoms with Gasteiger partial charge in [0.05, 0.1) is 26.9 Å². The van der Waals surface area contributed by atoms with Gasteiger partial charge in [0.25, 0.3) is 0 Å². The van der Waals surface area contributed by atoms with Gasteiger partial charge < -0.3 is 24.4 Å². The molecule has 164 valence electrons. The molecule has 1 atom stereocenters. The summed E-state index contributed by atoms with van der Waals surface area (Å²) in [6, 6.07) is 12.7. The number of hydrogen-bond acceptors (Lipinski definition) is 5. The fraction of sp³-hybridized carbons (Fsp3) is 0.333. The zero-order valence-corrected chi connectivity index (χ0v) is 18.1. The number of hydrogen-bond donors (Lipinski definition) is 1. The van der Waals surface area contributed by atoms with E-state index in [9.17, 15) is 9.59 Å². The molecule has 1 fully saturated rings. The number of nitrogens with zero attached hydrogens (tertiary/aromatic N) is 1. The molecule has 2 amide bonds. The zero-order chi connectivity index (χ0) is 22.2. The van der Waals surface area contributed by atoms with Crippen LogP contribution in [0.15, 0.2) is 48.5 Å². The predicted octanol–water partition coefficient (Wildman–Crippen LogP) is 4.65. The van der Waals surface area contributed by atoms with Gasteiger partial charge in [0.15, 0.2) is 0 Å². The summed E-state index contributed by atoms with van der Waals surface area (Å²) in [5.41, 5.74) is 2.46. The molecule has 1 heterocycles. The summed E-state index contributed by atoms with van der Waals surface area (Å²) in [6.45, 7) is 2.77. The highest BCUT2D eigenvalue weighted by Crippen LogP contribution is 2.39. The van der Waals surface area contributed by atoms with Gasteiger partial charge in [-0.15, -0.1) is 0 Å². The fourth-order valence-electron chi connectivity index (χ4n) is 3.66. The van der Waals surface area contributed by atoms with Gasteiger partial charge in [-0.05, 0) is 61.7 Å². The minimum absolute atomic E-state index is 0.0863. The monoisotopic (exact) mass is 424 g/mol. The molecule has 0 bridgehead atoms. The fourth-order valence-corrected chi connectivity index (χ4v) is 3.66. The Morgan fingerprint density at radius 1 is 1.13 bits per heavy atom. The number of amides is 2. The smallest absolute Gasteiger partial charge is 0.330 e. The quantitative estimate of drug-likeness (QED) is 0.517. The molecule has 1 aliphatic heterocycles. The highest BCUT2D eigenvalue weighted by molar-refractivity contribution is 5.90. The van der Waals surface area contributed by atoms with E-state index >= 15 is 0 Å². The molecule has 0 unspecified atom stereocenters. The number of methoxy groups -OCH3 is 2. The molecular weight excluding hydrogens is 396 g/mol. The third-order valence-corrected chi connectivity index (χ3v) is 5.17. The highest BCUT2D eigenvalue weighted by atomic mass is 16.5. The van der Waals surface area contributed by atoms with Gasteiger partial charge in [-0.2, -0.15) is 0 Å². The van der Waals surface area contributed by atoms with Crippen molar-refractivity contribution >= 4 is 23.8 Å². The van der Waals surface area contributed by atoms with Crippen LogP contribution in [-0.2, 0) is 9.53 Å². The van der Waals surface area contributed by atoms with Crippen molar-refractivity contribution in [1.29, 1.82) is 0 Å². The number of carbonyl (C=O) groups excluding carboxylic acids is 2. The first kappa shape index (κ1) is 22.2. The van der Waals surface area contributed by atoms with Crippen molar-refractivity contribution in [1.82, 2.24) is 4.90 Å². The first-order chi connectivity index (χ1) is 15.0. The molecule has 2 aromatic rings. The maximum absolute atomic E-state index is 13.0. The molecule has 1 N–H and O–H groups in total. The summed E-state index contributed by atoms with van der Waals surface area (Å²) in [4.78, 5) is 26.2. The van der Waals surface area contributed by atoms with Crippen molar-refractivity contribution in [2.24, 2.45) is 0 Å². The first-order valence-electron chi connectivity index (χ1n) is 10.3. The summed E-state index contributed by atoms with van der Waals surface area (Å²) in [5.74, 6) is 1.09. The van der Waals surface area contributed by atoms with Crippen LogP contribution in [-0.4, -0.2) is 44.3 Å². The number of rotatable bonds is 7. The molecule has 0 aliphatic carbocycles. The van der Waals surface area contributed by atoms with Crippen LogP contribution in [0.3, 0.4) is 0 Å². The normalized spacial score (nSPS) is 15.7. The van der Waals surface area contributed by atoms with Crippen molar-refractivity contribution in [3.8, 4) is 11.5 Å². The molecule has 0 spiro atoms. The molecule has 3 rings (SSSR count). The number of likely N-dealkylation sites (tertiary alicyclic amines) is 1. The minimum Gasteiger partial charge on any atom is -0.497 e. The average molecular weight is 424 g/mol. The van der Waals surface area contributed by atoms with Crippen LogP contribution < -0.4 is 14.8 Å². The van der Waals surface area contributed by atoms with Crippen LogP contribution in [0.5, 0.6) is 11.5 Å². The highest BCUT2D eigenvalue weighted by Gasteiger charge is 2.32. The molecule has 0 radical (unpaired) electrons. The van der Waals surface area contributed by atoms with Gasteiger partial charge in [0.2, 0.25) is 0 Å². The Hall–Kier alpha value is -3.48. The Labute approximate surface area is 182 Å². The van der Waals surface area contributed by atoms with Gasteiger partial charge >= 0.3 is 12.0 Å². The molecule has 31 heavy (non-hydrogen) atoms. The lowest BCUT2D eigenvalue weighted by molar-refractivity contribution is -0.137. The minimum atomic E-state index is -0.382. The number of carbonyl (C=O) groups is 2. The summed E-state index contributed by atoms with van der Waals surface area (Å²) in [7, 11) is 3.25. The topological polar surface area (TPSA) is 77.1 Å². The third-order valence-electron chi connectivity index (χ3n) is 5.17. The van der Waals surface area contributed by atoms with E-state index in [1.54, 1.807) is 39.4 Å². The van der Waals surface area contributed by atoms with E-state index in [-0.39, 0.29) is 18.0 Å². The molecule has 1 saturated heterocycles. The van der Waals surface area contributed by atoms with Crippen molar-refractivity contribution in [3.63, 3.8) is 0 Å². The van der Waals surface area contributed by atoms with Gasteiger partial charge in [-0.25, -0.2) is 9.59 Å². The Kier molecular flexibility index (Phi) is 7.54. The maximum atomic E-state index is 13.0. The molecule has 2 aromatic carbocycles. The lowest BCUT2D eigenvalue weighted by Gasteiger charge is -2.27. The Bertz CT molecular complexity index is 939. The van der Waals surface area contributed by atoms with E-state index in [1.165, 1.54) is 6.08 Å². The van der Waals surface area contributed by atoms with Crippen LogP contribution in [0, 0.1) is 0 Å². The molecule has 7 nitrogen and oxygen atoms in total. The van der Waals surface area contributed by atoms with Crippen molar-refractivity contribution in [3.05, 3.63) is 59.7 Å². The second-order valence-corrected chi connectivity index (χ2v) is 7.10. The van der Waals surface area contributed by atoms with Crippen LogP contribution >= 0.6 is 0 Å². The van der Waals surface area contributed by atoms with Gasteiger partial charge in [0.1, 0.15) is 11.5 Å². The third kappa shape index (κ3) is 5.57. The zero-order valence-electron chi connectivity index (χ0n) is 18.1. The summed E-state index contributed by atoms with van der Waals surface area (Å²) < 4.78 is 15.7. The lowest BCUT2D eigenvalue weighted by Crippen LogP contribution is -2.34. The Morgan fingerprint density at radius 3 is 2.58 bits per heavy atom. The molecule has 7 heteroatoms. The maximum Gasteiger partial charge on any atom is 0.330 e. The number of benzene rings is 2. The van der Waals surface area contributed by atoms with Crippen molar-refractivity contribution < 1.29 is 23.8 Å². The van der Waals surface area contributed by atoms with E-state index in [4.69, 9.17) is 14.2 Å². The second kappa shape index (κ2) is 10.5. The van der Waals surface area contributed by atoms with Crippen molar-refractivity contribution in [2.45, 2.75) is 25.8 Å². The molecular formula is C24H28N2O5. The Balaban J connectivity index is 1.69. The van der Waals surface area contributed by atoms with Crippen LogP contribution in [0.4, 0.5) is 10.5 Å². The van der Waals surface area contributed by atoms with Gasteiger partial charge in [-0.3, -0.25) is 0 Å². The van der Waals surface area contributed by atoms with E-state index < -0.39 is 0 Å². The van der Waals surface area contributed by atoms with Gasteiger partial charge in [-0.1, -0.05) is 12.1 Å². The lowest BCUT2D eigenvalue weighted by atomic mass is 10.0. The molecule has 0 saturated carbocycles. The molecule has 1 aliphatic rings. The summed E-state index contributed by atoms with van der Waals surface area (Å²) in [5, 5.41) is 2.96. The van der Waals surface area contributed by atoms with Gasteiger partial charge in [0, 0.05) is 23.9 Å². The first-order valence-corrected chi connectivity index (χ1v) is 10.3. The molecule has 0 aromatic heterocycles. The summed E-state index contributed by atoms with van der Waals surface area (Å²) >= 11 is 0.